The summed E-state index contributed by atoms with van der Waals surface area (Å²) in [5, 5.41) is 6.20. The SMILES string of the molecule is COc1ccc(-c2nc(CSCC(=O)NC3CCCCCC3)cs2)cc1OC. The van der Waals surface area contributed by atoms with Crippen molar-refractivity contribution in [2.45, 2.75) is 50.3 Å². The van der Waals surface area contributed by atoms with Gasteiger partial charge in [-0.3, -0.25) is 4.79 Å². The molecule has 0 saturated heterocycles. The Morgan fingerprint density at radius 3 is 2.64 bits per heavy atom. The van der Waals surface area contributed by atoms with Crippen LogP contribution in [-0.4, -0.2) is 36.9 Å². The van der Waals surface area contributed by atoms with Crippen LogP contribution in [0.3, 0.4) is 0 Å². The summed E-state index contributed by atoms with van der Waals surface area (Å²) in [6, 6.07) is 6.18. The van der Waals surface area contributed by atoms with E-state index in [0.717, 1.165) is 34.9 Å². The smallest absolute Gasteiger partial charge is 0.230 e. The highest BCUT2D eigenvalue weighted by Gasteiger charge is 2.15. The molecule has 3 rings (SSSR count). The first-order chi connectivity index (χ1) is 13.7. The van der Waals surface area contributed by atoms with Crippen LogP contribution < -0.4 is 14.8 Å². The van der Waals surface area contributed by atoms with Crippen molar-refractivity contribution >= 4 is 29.0 Å². The number of hydrogen-bond donors (Lipinski definition) is 1. The highest BCUT2D eigenvalue weighted by molar-refractivity contribution is 7.99. The molecule has 0 atom stereocenters. The minimum Gasteiger partial charge on any atom is -0.493 e. The van der Waals surface area contributed by atoms with Crippen molar-refractivity contribution in [3.8, 4) is 22.1 Å². The molecule has 1 aliphatic rings. The van der Waals surface area contributed by atoms with Gasteiger partial charge in [0.25, 0.3) is 0 Å². The minimum absolute atomic E-state index is 0.146. The number of nitrogens with zero attached hydrogens (tertiary/aromatic N) is 1. The number of benzene rings is 1. The summed E-state index contributed by atoms with van der Waals surface area (Å²) in [7, 11) is 3.26. The Kier molecular flexibility index (Phi) is 8.03. The van der Waals surface area contributed by atoms with Crippen LogP contribution >= 0.6 is 23.1 Å². The molecule has 2 aromatic rings. The normalized spacial score (nSPS) is 15.1. The van der Waals surface area contributed by atoms with E-state index in [1.54, 1.807) is 37.3 Å². The molecule has 0 unspecified atom stereocenters. The predicted molar refractivity (Wildman–Crippen MR) is 116 cm³/mol. The molecule has 1 fully saturated rings. The van der Waals surface area contributed by atoms with E-state index in [1.165, 1.54) is 25.7 Å². The van der Waals surface area contributed by atoms with E-state index in [0.29, 0.717) is 23.3 Å². The van der Waals surface area contributed by atoms with E-state index >= 15 is 0 Å². The Morgan fingerprint density at radius 1 is 1.18 bits per heavy atom. The number of aromatic nitrogens is 1. The van der Waals surface area contributed by atoms with E-state index < -0.39 is 0 Å². The molecule has 1 saturated carbocycles. The van der Waals surface area contributed by atoms with Crippen LogP contribution in [0.4, 0.5) is 0 Å². The molecule has 0 bridgehead atoms. The van der Waals surface area contributed by atoms with Crippen LogP contribution in [-0.2, 0) is 10.5 Å². The van der Waals surface area contributed by atoms with Crippen molar-refractivity contribution in [3.63, 3.8) is 0 Å². The highest BCUT2D eigenvalue weighted by Crippen LogP contribution is 2.34. The Balaban J connectivity index is 1.49. The van der Waals surface area contributed by atoms with Gasteiger partial charge in [-0.1, -0.05) is 25.7 Å². The van der Waals surface area contributed by atoms with Crippen molar-refractivity contribution in [3.05, 3.63) is 29.3 Å². The quantitative estimate of drug-likeness (QED) is 0.616. The molecule has 0 spiro atoms. The third-order valence-corrected chi connectivity index (χ3v) is 6.79. The third-order valence-electron chi connectivity index (χ3n) is 4.89. The Bertz CT molecular complexity index is 771. The van der Waals surface area contributed by atoms with E-state index in [-0.39, 0.29) is 5.91 Å². The van der Waals surface area contributed by atoms with E-state index in [9.17, 15) is 4.79 Å². The monoisotopic (exact) mass is 420 g/mol. The summed E-state index contributed by atoms with van der Waals surface area (Å²) in [5.74, 6) is 2.77. The maximum atomic E-state index is 12.2. The lowest BCUT2D eigenvalue weighted by molar-refractivity contribution is -0.119. The zero-order chi connectivity index (χ0) is 19.8. The molecule has 7 heteroatoms. The maximum Gasteiger partial charge on any atom is 0.230 e. The summed E-state index contributed by atoms with van der Waals surface area (Å²) in [6.45, 7) is 0. The van der Waals surface area contributed by atoms with Crippen molar-refractivity contribution in [2.24, 2.45) is 0 Å². The molecule has 28 heavy (non-hydrogen) atoms. The average Bonchev–Trinajstić information content (AvgIpc) is 3.04. The van der Waals surface area contributed by atoms with Crippen LogP contribution in [0.25, 0.3) is 10.6 Å². The molecule has 1 amide bonds. The first kappa shape index (κ1) is 21.0. The number of carbonyl (C=O) groups excluding carboxylic acids is 1. The molecule has 1 aromatic carbocycles. The predicted octanol–water partition coefficient (Wildman–Crippen LogP) is 4.90. The van der Waals surface area contributed by atoms with Gasteiger partial charge in [-0.25, -0.2) is 4.98 Å². The number of amides is 1. The molecular formula is C21H28N2O3S2. The molecule has 1 N–H and O–H groups in total. The second kappa shape index (κ2) is 10.7. The second-order valence-electron chi connectivity index (χ2n) is 6.96. The summed E-state index contributed by atoms with van der Waals surface area (Å²) in [5.41, 5.74) is 2.01. The van der Waals surface area contributed by atoms with Crippen LogP contribution in [0.15, 0.2) is 23.6 Å². The number of thioether (sulfide) groups is 1. The molecule has 5 nitrogen and oxygen atoms in total. The summed E-state index contributed by atoms with van der Waals surface area (Å²) in [4.78, 5) is 16.9. The van der Waals surface area contributed by atoms with Crippen molar-refractivity contribution in [1.29, 1.82) is 0 Å². The van der Waals surface area contributed by atoms with Crippen molar-refractivity contribution < 1.29 is 14.3 Å². The molecular weight excluding hydrogens is 392 g/mol. The number of carbonyl (C=O) groups is 1. The van der Waals surface area contributed by atoms with Crippen molar-refractivity contribution in [1.82, 2.24) is 10.3 Å². The van der Waals surface area contributed by atoms with Gasteiger partial charge in [0, 0.05) is 22.7 Å². The molecule has 0 radical (unpaired) electrons. The number of hydrogen-bond acceptors (Lipinski definition) is 6. The lowest BCUT2D eigenvalue weighted by atomic mass is 10.1. The molecule has 0 aliphatic heterocycles. The van der Waals surface area contributed by atoms with Crippen LogP contribution in [0.2, 0.25) is 0 Å². The van der Waals surface area contributed by atoms with Crippen LogP contribution in [0, 0.1) is 0 Å². The Morgan fingerprint density at radius 2 is 1.93 bits per heavy atom. The van der Waals surface area contributed by atoms with Crippen LogP contribution in [0.5, 0.6) is 11.5 Å². The van der Waals surface area contributed by atoms with Gasteiger partial charge in [0.1, 0.15) is 5.01 Å². The van der Waals surface area contributed by atoms with Gasteiger partial charge < -0.3 is 14.8 Å². The number of thiazole rings is 1. The van der Waals surface area contributed by atoms with Crippen molar-refractivity contribution in [2.75, 3.05) is 20.0 Å². The number of methoxy groups -OCH3 is 2. The summed E-state index contributed by atoms with van der Waals surface area (Å²) < 4.78 is 10.7. The van der Waals surface area contributed by atoms with E-state index in [4.69, 9.17) is 14.5 Å². The fourth-order valence-corrected chi connectivity index (χ4v) is 5.07. The fourth-order valence-electron chi connectivity index (χ4n) is 3.42. The topological polar surface area (TPSA) is 60.5 Å². The van der Waals surface area contributed by atoms with Gasteiger partial charge in [0.15, 0.2) is 11.5 Å². The lowest BCUT2D eigenvalue weighted by Gasteiger charge is -2.15. The minimum atomic E-state index is 0.146. The van der Waals surface area contributed by atoms with Gasteiger partial charge in [-0.15, -0.1) is 23.1 Å². The van der Waals surface area contributed by atoms with Crippen LogP contribution in [0.1, 0.15) is 44.2 Å². The molecule has 152 valence electrons. The van der Waals surface area contributed by atoms with Gasteiger partial charge in [0.05, 0.1) is 25.7 Å². The van der Waals surface area contributed by atoms with Gasteiger partial charge >= 0.3 is 0 Å². The highest BCUT2D eigenvalue weighted by atomic mass is 32.2. The molecule has 1 aliphatic carbocycles. The molecule has 1 aromatic heterocycles. The standard InChI is InChI=1S/C21H28N2O3S2/c1-25-18-10-9-15(11-19(18)26-2)21-23-17(13-28-21)12-27-14-20(24)22-16-7-5-3-4-6-8-16/h9-11,13,16H,3-8,12,14H2,1-2H3,(H,22,24). The number of nitrogens with one attached hydrogen (secondary N) is 1. The third kappa shape index (κ3) is 5.88. The number of rotatable bonds is 8. The Labute approximate surface area is 175 Å². The zero-order valence-corrected chi connectivity index (χ0v) is 18.2. The van der Waals surface area contributed by atoms with Gasteiger partial charge in [0.2, 0.25) is 5.91 Å². The summed E-state index contributed by atoms with van der Waals surface area (Å²) in [6.07, 6.45) is 7.31. The lowest BCUT2D eigenvalue weighted by Crippen LogP contribution is -2.35. The maximum absolute atomic E-state index is 12.2. The van der Waals surface area contributed by atoms with Gasteiger partial charge in [-0.2, -0.15) is 0 Å². The first-order valence-corrected chi connectivity index (χ1v) is 11.8. The fraction of sp³-hybridized carbons (Fsp3) is 0.524. The average molecular weight is 421 g/mol. The Hall–Kier alpha value is -1.73. The number of ether oxygens (including phenoxy) is 2. The largest absolute Gasteiger partial charge is 0.493 e. The molecule has 1 heterocycles. The first-order valence-electron chi connectivity index (χ1n) is 9.73. The van der Waals surface area contributed by atoms with Gasteiger partial charge in [-0.05, 0) is 31.0 Å². The van der Waals surface area contributed by atoms with E-state index in [1.807, 2.05) is 18.2 Å². The summed E-state index contributed by atoms with van der Waals surface area (Å²) >= 11 is 3.22. The van der Waals surface area contributed by atoms with E-state index in [2.05, 4.69) is 10.7 Å². The zero-order valence-electron chi connectivity index (χ0n) is 16.5. The second-order valence-corrected chi connectivity index (χ2v) is 8.81.